The Balaban J connectivity index is 1.47. The van der Waals surface area contributed by atoms with E-state index in [0.29, 0.717) is 27.3 Å². The molecule has 1 fully saturated rings. The monoisotopic (exact) mass is 651 g/mol. The van der Waals surface area contributed by atoms with Crippen molar-refractivity contribution in [2.75, 3.05) is 6.61 Å². The summed E-state index contributed by atoms with van der Waals surface area (Å²) in [5, 5.41) is 0.945. The second-order valence-electron chi connectivity index (χ2n) is 8.58. The smallest absolute Gasteiger partial charge is 0.338 e. The average Bonchev–Trinajstić information content (AvgIpc) is 3.37. The summed E-state index contributed by atoms with van der Waals surface area (Å²) in [6.45, 7) is 1.52. The maximum Gasteiger partial charge on any atom is 0.338 e. The normalized spacial score (nSPS) is 23.2. The second kappa shape index (κ2) is 10.6. The molecule has 11 heteroatoms. The van der Waals surface area contributed by atoms with Crippen LogP contribution in [-0.4, -0.2) is 50.2 Å². The van der Waals surface area contributed by atoms with Crippen molar-refractivity contribution in [1.82, 2.24) is 14.5 Å². The van der Waals surface area contributed by atoms with Crippen LogP contribution in [0.15, 0.2) is 73.2 Å². The molecule has 1 aliphatic rings. The molecule has 1 saturated heterocycles. The Bertz CT molecular complexity index is 1450. The van der Waals surface area contributed by atoms with Crippen LogP contribution in [0.3, 0.4) is 0 Å². The third-order valence-electron chi connectivity index (χ3n) is 6.08. The number of aromatic nitrogens is 3. The number of hydrogen-bond acceptors (Lipinski definition) is 7. The van der Waals surface area contributed by atoms with Gasteiger partial charge in [-0.2, -0.15) is 0 Å². The molecule has 8 nitrogen and oxygen atoms in total. The minimum absolute atomic E-state index is 0.189. The first kappa shape index (κ1) is 25.9. The molecule has 0 amide bonds. The molecule has 0 bridgehead atoms. The summed E-state index contributed by atoms with van der Waals surface area (Å²) in [6.07, 6.45) is 0.484. The first-order valence-corrected chi connectivity index (χ1v) is 13.1. The lowest BCUT2D eigenvalue weighted by molar-refractivity contribution is -0.0564. The molecule has 0 radical (unpaired) electrons. The Hall–Kier alpha value is -2.73. The van der Waals surface area contributed by atoms with Crippen LogP contribution >= 0.6 is 45.8 Å². The van der Waals surface area contributed by atoms with Crippen molar-refractivity contribution < 1.29 is 23.8 Å². The van der Waals surface area contributed by atoms with Gasteiger partial charge in [-0.05, 0) is 53.8 Å². The fourth-order valence-electron chi connectivity index (χ4n) is 4.29. The lowest BCUT2D eigenvalue weighted by Crippen LogP contribution is -2.43. The Morgan fingerprint density at radius 1 is 1.05 bits per heavy atom. The second-order valence-corrected chi connectivity index (χ2v) is 10.9. The SMILES string of the molecule is C[C@@]1(Cl)[C@H](OC(=O)c2ccccc2)[C@@H](COC(=O)c2ccccc2)O[C@H]1n1cc(I)c2c(Cl)ncnc21. The van der Waals surface area contributed by atoms with E-state index in [1.807, 2.05) is 0 Å². The van der Waals surface area contributed by atoms with Crippen molar-refractivity contribution in [1.29, 1.82) is 0 Å². The third kappa shape index (κ3) is 5.05. The van der Waals surface area contributed by atoms with Gasteiger partial charge in [0.15, 0.2) is 12.3 Å². The van der Waals surface area contributed by atoms with Gasteiger partial charge in [0.25, 0.3) is 0 Å². The van der Waals surface area contributed by atoms with Crippen molar-refractivity contribution >= 4 is 68.8 Å². The number of halogens is 3. The molecule has 1 aliphatic heterocycles. The molecule has 0 N–H and O–H groups in total. The molecule has 2 aromatic carbocycles. The summed E-state index contributed by atoms with van der Waals surface area (Å²) in [5.74, 6) is -1.10. The molecular weight excluding hydrogens is 632 g/mol. The van der Waals surface area contributed by atoms with Crippen LogP contribution in [0.4, 0.5) is 0 Å². The van der Waals surface area contributed by atoms with Gasteiger partial charge in [0.05, 0.1) is 16.5 Å². The van der Waals surface area contributed by atoms with E-state index in [0.717, 1.165) is 3.57 Å². The summed E-state index contributed by atoms with van der Waals surface area (Å²) >= 11 is 15.6. The quantitative estimate of drug-likeness (QED) is 0.115. The van der Waals surface area contributed by atoms with Gasteiger partial charge in [0.2, 0.25) is 0 Å². The summed E-state index contributed by atoms with van der Waals surface area (Å²) in [7, 11) is 0. The number of benzene rings is 2. The van der Waals surface area contributed by atoms with Gasteiger partial charge in [-0.25, -0.2) is 19.6 Å². The predicted octanol–water partition coefficient (Wildman–Crippen LogP) is 5.67. The van der Waals surface area contributed by atoms with E-state index in [9.17, 15) is 9.59 Å². The summed E-state index contributed by atoms with van der Waals surface area (Å²) in [4.78, 5) is 32.8. The van der Waals surface area contributed by atoms with Crippen LogP contribution in [0.1, 0.15) is 33.9 Å². The van der Waals surface area contributed by atoms with Gasteiger partial charge in [0.1, 0.15) is 34.7 Å². The van der Waals surface area contributed by atoms with E-state index in [4.69, 9.17) is 37.4 Å². The average molecular weight is 652 g/mol. The molecule has 0 aliphatic carbocycles. The molecule has 4 aromatic rings. The third-order valence-corrected chi connectivity index (χ3v) is 7.59. The van der Waals surface area contributed by atoms with E-state index < -0.39 is 35.2 Å². The first-order chi connectivity index (χ1) is 17.8. The van der Waals surface area contributed by atoms with E-state index in [1.165, 1.54) is 6.33 Å². The number of rotatable bonds is 6. The van der Waals surface area contributed by atoms with Crippen LogP contribution in [-0.2, 0) is 14.2 Å². The van der Waals surface area contributed by atoms with Gasteiger partial charge in [-0.15, -0.1) is 11.6 Å². The Kier molecular flexibility index (Phi) is 7.39. The number of carbonyl (C=O) groups excluding carboxylic acids is 2. The zero-order chi connectivity index (χ0) is 26.2. The van der Waals surface area contributed by atoms with Gasteiger partial charge < -0.3 is 18.8 Å². The maximum atomic E-state index is 13.0. The fraction of sp³-hybridized carbons (Fsp3) is 0.231. The number of nitrogens with zero attached hydrogens (tertiary/aromatic N) is 3. The topological polar surface area (TPSA) is 92.5 Å². The molecule has 37 heavy (non-hydrogen) atoms. The molecule has 4 atom stereocenters. The molecule has 2 aromatic heterocycles. The fourth-order valence-corrected chi connectivity index (χ4v) is 5.81. The zero-order valence-corrected chi connectivity index (χ0v) is 23.1. The summed E-state index contributed by atoms with van der Waals surface area (Å²) < 4.78 is 20.3. The molecule has 0 unspecified atom stereocenters. The van der Waals surface area contributed by atoms with Crippen LogP contribution < -0.4 is 0 Å². The molecule has 5 rings (SSSR count). The number of hydrogen-bond donors (Lipinski definition) is 0. The summed E-state index contributed by atoms with van der Waals surface area (Å²) in [6, 6.07) is 17.1. The zero-order valence-electron chi connectivity index (χ0n) is 19.4. The minimum Gasteiger partial charge on any atom is -0.459 e. The highest BCUT2D eigenvalue weighted by Crippen LogP contribution is 2.47. The number of alkyl halides is 1. The van der Waals surface area contributed by atoms with Crippen LogP contribution in [0.25, 0.3) is 11.0 Å². The van der Waals surface area contributed by atoms with Gasteiger partial charge in [-0.3, -0.25) is 0 Å². The lowest BCUT2D eigenvalue weighted by Gasteiger charge is -2.29. The first-order valence-electron chi connectivity index (χ1n) is 11.3. The van der Waals surface area contributed by atoms with Crippen molar-refractivity contribution in [2.24, 2.45) is 0 Å². The van der Waals surface area contributed by atoms with Crippen molar-refractivity contribution in [3.63, 3.8) is 0 Å². The van der Waals surface area contributed by atoms with Crippen molar-refractivity contribution in [2.45, 2.75) is 30.2 Å². The van der Waals surface area contributed by atoms with Crippen molar-refractivity contribution in [3.8, 4) is 0 Å². The number of carbonyl (C=O) groups is 2. The number of esters is 2. The Morgan fingerprint density at radius 2 is 1.68 bits per heavy atom. The Morgan fingerprint density at radius 3 is 2.32 bits per heavy atom. The molecule has 0 saturated carbocycles. The lowest BCUT2D eigenvalue weighted by atomic mass is 10.0. The van der Waals surface area contributed by atoms with Crippen LogP contribution in [0.2, 0.25) is 5.15 Å². The number of ether oxygens (including phenoxy) is 3. The van der Waals surface area contributed by atoms with E-state index in [2.05, 4.69) is 32.6 Å². The highest BCUT2D eigenvalue weighted by molar-refractivity contribution is 14.1. The Labute approximate surface area is 236 Å². The van der Waals surface area contributed by atoms with Gasteiger partial charge in [-0.1, -0.05) is 48.0 Å². The molecule has 3 heterocycles. The largest absolute Gasteiger partial charge is 0.459 e. The highest BCUT2D eigenvalue weighted by atomic mass is 127. The van der Waals surface area contributed by atoms with E-state index in [1.54, 1.807) is 78.4 Å². The van der Waals surface area contributed by atoms with E-state index >= 15 is 0 Å². The predicted molar refractivity (Wildman–Crippen MR) is 146 cm³/mol. The number of fused-ring (bicyclic) bond motifs is 1. The van der Waals surface area contributed by atoms with Crippen LogP contribution in [0, 0.1) is 3.57 Å². The minimum atomic E-state index is -1.26. The highest BCUT2D eigenvalue weighted by Gasteiger charge is 2.57. The summed E-state index contributed by atoms with van der Waals surface area (Å²) in [5.41, 5.74) is 1.26. The molecular formula is C26H20Cl2IN3O5. The molecule has 0 spiro atoms. The maximum absolute atomic E-state index is 13.0. The van der Waals surface area contributed by atoms with Gasteiger partial charge in [0, 0.05) is 9.77 Å². The van der Waals surface area contributed by atoms with Crippen LogP contribution in [0.5, 0.6) is 0 Å². The standard InChI is InChI=1S/C26H20Cl2IN3O5/c1-26(28)20(37-24(34)16-10-6-3-7-11-16)18(13-35-23(33)15-8-4-2-5-9-15)36-25(26)32-12-17(29)19-21(27)30-14-31-22(19)32/h2-12,14,18,20,25H,13H2,1H3/t18-,20-,25-,26-/m1/s1. The van der Waals surface area contributed by atoms with Crippen molar-refractivity contribution in [3.05, 3.63) is 93.0 Å². The van der Waals surface area contributed by atoms with Gasteiger partial charge >= 0.3 is 11.9 Å². The van der Waals surface area contributed by atoms with E-state index in [-0.39, 0.29) is 6.61 Å². The molecule has 190 valence electrons.